The van der Waals surface area contributed by atoms with Gasteiger partial charge in [0.05, 0.1) is 20.3 Å². The summed E-state index contributed by atoms with van der Waals surface area (Å²) >= 11 is 1.52. The van der Waals surface area contributed by atoms with Gasteiger partial charge < -0.3 is 18.9 Å². The molecule has 0 unspecified atom stereocenters. The zero-order valence-electron chi connectivity index (χ0n) is 17.3. The van der Waals surface area contributed by atoms with Crippen LogP contribution in [0.4, 0.5) is 11.5 Å². The highest BCUT2D eigenvalue weighted by Gasteiger charge is 2.21. The van der Waals surface area contributed by atoms with E-state index < -0.39 is 0 Å². The number of morpholine rings is 1. The van der Waals surface area contributed by atoms with Gasteiger partial charge in [-0.3, -0.25) is 0 Å². The normalized spacial score (nSPS) is 14.3. The van der Waals surface area contributed by atoms with Crippen LogP contribution < -0.4 is 9.64 Å². The number of aryl methyl sites for hydroxylation is 2. The molecule has 9 nitrogen and oxygen atoms in total. The quantitative estimate of drug-likeness (QED) is 0.321. The third-order valence-corrected chi connectivity index (χ3v) is 6.03. The second kappa shape index (κ2) is 8.97. The first kappa shape index (κ1) is 20.5. The van der Waals surface area contributed by atoms with Crippen LogP contribution in [0.15, 0.2) is 28.5 Å². The first-order valence-electron chi connectivity index (χ1n) is 9.83. The summed E-state index contributed by atoms with van der Waals surface area (Å²) in [5.74, 6) is 2.91. The molecule has 0 bridgehead atoms. The van der Waals surface area contributed by atoms with E-state index in [-0.39, 0.29) is 0 Å². The Balaban J connectivity index is 1.67. The number of methoxy groups -OCH3 is 1. The van der Waals surface area contributed by atoms with E-state index >= 15 is 0 Å². The topological polar surface area (TPSA) is 94.7 Å². The molecule has 4 rings (SSSR count). The first-order valence-corrected chi connectivity index (χ1v) is 10.8. The average molecular weight is 429 g/mol. The van der Waals surface area contributed by atoms with Gasteiger partial charge in [0, 0.05) is 32.3 Å². The third-order valence-electron chi connectivity index (χ3n) is 5.11. The summed E-state index contributed by atoms with van der Waals surface area (Å²) in [6.07, 6.45) is 0.825. The highest BCUT2D eigenvalue weighted by molar-refractivity contribution is 7.98. The molecule has 0 N–H and O–H groups in total. The van der Waals surface area contributed by atoms with Crippen molar-refractivity contribution >= 4 is 34.4 Å². The number of benzene rings is 1. The van der Waals surface area contributed by atoms with Gasteiger partial charge >= 0.3 is 0 Å². The fourth-order valence-electron chi connectivity index (χ4n) is 3.49. The van der Waals surface area contributed by atoms with E-state index in [0.29, 0.717) is 35.6 Å². The molecule has 0 saturated carbocycles. The molecule has 10 heteroatoms. The monoisotopic (exact) mass is 428 g/mol. The zero-order chi connectivity index (χ0) is 21.1. The number of nitrogens with zero attached hydrogens (tertiary/aromatic N) is 6. The summed E-state index contributed by atoms with van der Waals surface area (Å²) < 4.78 is 12.7. The van der Waals surface area contributed by atoms with Crippen LogP contribution in [0.25, 0.3) is 11.2 Å². The molecular formula is C20H24N6O3S. The van der Waals surface area contributed by atoms with Gasteiger partial charge in [-0.2, -0.15) is 0 Å². The Morgan fingerprint density at radius 1 is 1.23 bits per heavy atom. The van der Waals surface area contributed by atoms with E-state index in [1.807, 2.05) is 17.7 Å². The van der Waals surface area contributed by atoms with Crippen molar-refractivity contribution in [3.63, 3.8) is 0 Å². The third kappa shape index (κ3) is 3.97. The van der Waals surface area contributed by atoms with Crippen LogP contribution in [0, 0.1) is 4.91 Å². The number of anilines is 1. The molecular weight excluding hydrogens is 404 g/mol. The summed E-state index contributed by atoms with van der Waals surface area (Å²) in [6, 6.07) is 5.41. The number of nitroso groups, excluding NO2 is 1. The zero-order valence-corrected chi connectivity index (χ0v) is 18.1. The molecule has 0 radical (unpaired) electrons. The Hall–Kier alpha value is -2.72. The molecule has 3 aromatic rings. The van der Waals surface area contributed by atoms with E-state index in [1.165, 1.54) is 18.9 Å². The van der Waals surface area contributed by atoms with Crippen molar-refractivity contribution in [1.82, 2.24) is 19.5 Å². The average Bonchev–Trinajstić information content (AvgIpc) is 3.13. The number of aromatic nitrogens is 4. The number of hydrogen-bond acceptors (Lipinski definition) is 9. The standard InChI is InChI=1S/C20H24N6O3S/c1-4-16-21-17-18(25(16)2)22-20(23-19(17)26-7-9-29-10-8-26)30-12-13-5-6-15(28-3)14(11-13)24-27/h5-6,11H,4,7-10,12H2,1-3H3. The van der Waals surface area contributed by atoms with Gasteiger partial charge in [-0.05, 0) is 22.9 Å². The molecule has 1 aliphatic rings. The second-order valence-corrected chi connectivity index (χ2v) is 7.87. The predicted octanol–water partition coefficient (Wildman–Crippen LogP) is 3.46. The fourth-order valence-corrected chi connectivity index (χ4v) is 4.27. The number of fused-ring (bicyclic) bond motifs is 1. The molecule has 158 valence electrons. The number of hydrogen-bond donors (Lipinski definition) is 0. The maximum atomic E-state index is 11.1. The van der Waals surface area contributed by atoms with Crippen LogP contribution in [0.1, 0.15) is 18.3 Å². The van der Waals surface area contributed by atoms with Gasteiger partial charge in [0.2, 0.25) is 0 Å². The maximum absolute atomic E-state index is 11.1. The Morgan fingerprint density at radius 3 is 2.73 bits per heavy atom. The smallest absolute Gasteiger partial charge is 0.191 e. The SMILES string of the molecule is CCc1nc2c(N3CCOCC3)nc(SCc3ccc(OC)c(N=O)c3)nc2n1C. The number of rotatable bonds is 7. The summed E-state index contributed by atoms with van der Waals surface area (Å²) in [4.78, 5) is 27.7. The Morgan fingerprint density at radius 2 is 2.03 bits per heavy atom. The number of thioether (sulfide) groups is 1. The largest absolute Gasteiger partial charge is 0.494 e. The van der Waals surface area contributed by atoms with Crippen molar-refractivity contribution in [3.8, 4) is 5.75 Å². The Bertz CT molecular complexity index is 1060. The second-order valence-electron chi connectivity index (χ2n) is 6.93. The van der Waals surface area contributed by atoms with E-state index in [9.17, 15) is 4.91 Å². The van der Waals surface area contributed by atoms with Crippen molar-refractivity contribution in [2.75, 3.05) is 38.3 Å². The van der Waals surface area contributed by atoms with Crippen LogP contribution in [-0.4, -0.2) is 52.9 Å². The molecule has 1 saturated heterocycles. The predicted molar refractivity (Wildman–Crippen MR) is 117 cm³/mol. The molecule has 1 aromatic carbocycles. The Labute approximate surface area is 178 Å². The number of imidazole rings is 1. The van der Waals surface area contributed by atoms with Crippen LogP contribution in [0.2, 0.25) is 0 Å². The van der Waals surface area contributed by atoms with E-state index in [0.717, 1.165) is 47.9 Å². The minimum Gasteiger partial charge on any atom is -0.494 e. The molecule has 0 amide bonds. The van der Waals surface area contributed by atoms with Crippen LogP contribution >= 0.6 is 11.8 Å². The maximum Gasteiger partial charge on any atom is 0.191 e. The van der Waals surface area contributed by atoms with Gasteiger partial charge in [0.15, 0.2) is 22.1 Å². The molecule has 0 atom stereocenters. The molecule has 1 aliphatic heterocycles. The van der Waals surface area contributed by atoms with Crippen molar-refractivity contribution in [2.45, 2.75) is 24.3 Å². The molecule has 30 heavy (non-hydrogen) atoms. The molecule has 3 heterocycles. The van der Waals surface area contributed by atoms with Gasteiger partial charge in [-0.1, -0.05) is 24.8 Å². The summed E-state index contributed by atoms with van der Waals surface area (Å²) in [6.45, 7) is 4.99. The summed E-state index contributed by atoms with van der Waals surface area (Å²) in [7, 11) is 3.51. The highest BCUT2D eigenvalue weighted by Crippen LogP contribution is 2.32. The Kier molecular flexibility index (Phi) is 6.14. The lowest BCUT2D eigenvalue weighted by atomic mass is 10.2. The van der Waals surface area contributed by atoms with E-state index in [2.05, 4.69) is 17.0 Å². The summed E-state index contributed by atoms with van der Waals surface area (Å²) in [5, 5.41) is 3.72. The molecule has 0 aliphatic carbocycles. The van der Waals surface area contributed by atoms with Crippen molar-refractivity contribution in [1.29, 1.82) is 0 Å². The fraction of sp³-hybridized carbons (Fsp3) is 0.450. The van der Waals surface area contributed by atoms with Crippen LogP contribution in [0.3, 0.4) is 0 Å². The van der Waals surface area contributed by atoms with Gasteiger partial charge in [0.1, 0.15) is 17.3 Å². The van der Waals surface area contributed by atoms with E-state index in [1.54, 1.807) is 12.1 Å². The molecule has 0 spiro atoms. The first-order chi connectivity index (χ1) is 14.6. The van der Waals surface area contributed by atoms with Crippen molar-refractivity contribution in [2.24, 2.45) is 12.2 Å². The van der Waals surface area contributed by atoms with Crippen molar-refractivity contribution in [3.05, 3.63) is 34.5 Å². The summed E-state index contributed by atoms with van der Waals surface area (Å²) in [5.41, 5.74) is 2.90. The number of ether oxygens (including phenoxy) is 2. The lowest BCUT2D eigenvalue weighted by Crippen LogP contribution is -2.37. The van der Waals surface area contributed by atoms with Gasteiger partial charge in [0.25, 0.3) is 0 Å². The highest BCUT2D eigenvalue weighted by atomic mass is 32.2. The van der Waals surface area contributed by atoms with Crippen molar-refractivity contribution < 1.29 is 9.47 Å². The minimum atomic E-state index is 0.292. The van der Waals surface area contributed by atoms with E-state index in [4.69, 9.17) is 24.4 Å². The lowest BCUT2D eigenvalue weighted by Gasteiger charge is -2.28. The van der Waals surface area contributed by atoms with Crippen LogP contribution in [-0.2, 0) is 24.0 Å². The van der Waals surface area contributed by atoms with Crippen LogP contribution in [0.5, 0.6) is 5.75 Å². The lowest BCUT2D eigenvalue weighted by molar-refractivity contribution is 0.122. The van der Waals surface area contributed by atoms with Gasteiger partial charge in [-0.25, -0.2) is 15.0 Å². The minimum absolute atomic E-state index is 0.292. The van der Waals surface area contributed by atoms with Gasteiger partial charge in [-0.15, -0.1) is 4.91 Å². The molecule has 1 fully saturated rings. The molecule has 2 aromatic heterocycles.